The van der Waals surface area contributed by atoms with E-state index in [4.69, 9.17) is 0 Å². The molecular formula is C22H26N2. The van der Waals surface area contributed by atoms with E-state index in [1.807, 2.05) is 6.20 Å². The summed E-state index contributed by atoms with van der Waals surface area (Å²) in [5, 5.41) is 2.62. The molecule has 0 aliphatic heterocycles. The van der Waals surface area contributed by atoms with E-state index < -0.39 is 0 Å². The third-order valence-corrected chi connectivity index (χ3v) is 5.46. The maximum atomic E-state index is 4.60. The van der Waals surface area contributed by atoms with Gasteiger partial charge in [-0.05, 0) is 35.1 Å². The van der Waals surface area contributed by atoms with Gasteiger partial charge in [-0.25, -0.2) is 4.98 Å². The van der Waals surface area contributed by atoms with Crippen molar-refractivity contribution in [3.63, 3.8) is 0 Å². The molecule has 4 rings (SSSR count). The fourth-order valence-corrected chi connectivity index (χ4v) is 4.05. The highest BCUT2D eigenvalue weighted by molar-refractivity contribution is 5.95. The number of benzene rings is 2. The van der Waals surface area contributed by atoms with Gasteiger partial charge in [0.15, 0.2) is 0 Å². The van der Waals surface area contributed by atoms with Gasteiger partial charge in [0.05, 0.1) is 0 Å². The van der Waals surface area contributed by atoms with Crippen molar-refractivity contribution in [2.45, 2.75) is 51.9 Å². The highest BCUT2D eigenvalue weighted by Gasteiger charge is 2.15. The molecule has 24 heavy (non-hydrogen) atoms. The second kappa shape index (κ2) is 6.80. The van der Waals surface area contributed by atoms with Gasteiger partial charge in [-0.2, -0.15) is 0 Å². The minimum Gasteiger partial charge on any atom is -0.342 e. The van der Waals surface area contributed by atoms with Crippen LogP contribution in [0.3, 0.4) is 0 Å². The number of fused-ring (bicyclic) bond motifs is 1. The van der Waals surface area contributed by atoms with Crippen molar-refractivity contribution in [1.29, 1.82) is 0 Å². The van der Waals surface area contributed by atoms with E-state index in [0.717, 1.165) is 18.2 Å². The molecule has 1 saturated carbocycles. The van der Waals surface area contributed by atoms with Crippen molar-refractivity contribution in [2.24, 2.45) is 5.92 Å². The van der Waals surface area contributed by atoms with Gasteiger partial charge in [0.25, 0.3) is 0 Å². The molecule has 0 radical (unpaired) electrons. The highest BCUT2D eigenvalue weighted by Crippen LogP contribution is 2.31. The van der Waals surface area contributed by atoms with Crippen LogP contribution in [0.25, 0.3) is 22.2 Å². The molecule has 0 unspecified atom stereocenters. The first-order chi connectivity index (χ1) is 11.8. The third kappa shape index (κ3) is 3.10. The average molecular weight is 318 g/mol. The van der Waals surface area contributed by atoms with Gasteiger partial charge in [0.1, 0.15) is 5.82 Å². The Hall–Kier alpha value is -2.09. The minimum atomic E-state index is 0.874. The van der Waals surface area contributed by atoms with Crippen LogP contribution in [0.5, 0.6) is 0 Å². The number of imidazole rings is 1. The molecule has 0 spiro atoms. The van der Waals surface area contributed by atoms with Gasteiger partial charge >= 0.3 is 0 Å². The molecule has 3 aromatic rings. The number of aromatic amines is 1. The molecule has 2 heteroatoms. The Kier molecular flexibility index (Phi) is 4.38. The first kappa shape index (κ1) is 15.4. The SMILES string of the molecule is CCc1cnc(-c2cccc3ccc(CC4CCCCC4)cc23)[nH]1. The summed E-state index contributed by atoms with van der Waals surface area (Å²) >= 11 is 0. The normalized spacial score (nSPS) is 15.9. The molecule has 1 fully saturated rings. The van der Waals surface area contributed by atoms with Gasteiger partial charge < -0.3 is 4.98 Å². The lowest BCUT2D eigenvalue weighted by atomic mass is 9.84. The molecule has 1 N–H and O–H groups in total. The van der Waals surface area contributed by atoms with Crippen molar-refractivity contribution in [3.05, 3.63) is 53.9 Å². The Labute approximate surface area is 144 Å². The highest BCUT2D eigenvalue weighted by atomic mass is 14.9. The van der Waals surface area contributed by atoms with Crippen LogP contribution in [0.4, 0.5) is 0 Å². The van der Waals surface area contributed by atoms with E-state index >= 15 is 0 Å². The Morgan fingerprint density at radius 2 is 1.96 bits per heavy atom. The second-order valence-corrected chi connectivity index (χ2v) is 7.18. The van der Waals surface area contributed by atoms with Gasteiger partial charge in [0.2, 0.25) is 0 Å². The van der Waals surface area contributed by atoms with Crippen LogP contribution in [-0.4, -0.2) is 9.97 Å². The predicted molar refractivity (Wildman–Crippen MR) is 101 cm³/mol. The Balaban J connectivity index is 1.70. The first-order valence-electron chi connectivity index (χ1n) is 9.39. The number of aryl methyl sites for hydroxylation is 1. The lowest BCUT2D eigenvalue weighted by molar-refractivity contribution is 0.357. The molecular weight excluding hydrogens is 292 g/mol. The van der Waals surface area contributed by atoms with Crippen LogP contribution < -0.4 is 0 Å². The number of aromatic nitrogens is 2. The lowest BCUT2D eigenvalue weighted by Gasteiger charge is -2.21. The van der Waals surface area contributed by atoms with Crippen LogP contribution in [-0.2, 0) is 12.8 Å². The van der Waals surface area contributed by atoms with Crippen LogP contribution in [0, 0.1) is 5.92 Å². The molecule has 0 atom stereocenters. The second-order valence-electron chi connectivity index (χ2n) is 7.18. The topological polar surface area (TPSA) is 28.7 Å². The number of nitrogens with one attached hydrogen (secondary N) is 1. The maximum absolute atomic E-state index is 4.60. The fourth-order valence-electron chi connectivity index (χ4n) is 4.05. The van der Waals surface area contributed by atoms with E-state index in [1.165, 1.54) is 66.1 Å². The molecule has 0 bridgehead atoms. The van der Waals surface area contributed by atoms with E-state index in [0.29, 0.717) is 0 Å². The van der Waals surface area contributed by atoms with Crippen molar-refractivity contribution < 1.29 is 0 Å². The average Bonchev–Trinajstić information content (AvgIpc) is 3.11. The summed E-state index contributed by atoms with van der Waals surface area (Å²) in [7, 11) is 0. The first-order valence-corrected chi connectivity index (χ1v) is 9.39. The summed E-state index contributed by atoms with van der Waals surface area (Å²) in [6.45, 7) is 2.16. The summed E-state index contributed by atoms with van der Waals surface area (Å²) in [6.07, 6.45) is 11.2. The summed E-state index contributed by atoms with van der Waals surface area (Å²) in [4.78, 5) is 8.06. The number of rotatable bonds is 4. The zero-order valence-corrected chi connectivity index (χ0v) is 14.5. The van der Waals surface area contributed by atoms with Crippen molar-refractivity contribution in [3.8, 4) is 11.4 Å². The summed E-state index contributed by atoms with van der Waals surface area (Å²) < 4.78 is 0. The van der Waals surface area contributed by atoms with Crippen LogP contribution >= 0.6 is 0 Å². The monoisotopic (exact) mass is 318 g/mol. The molecule has 124 valence electrons. The van der Waals surface area contributed by atoms with Gasteiger partial charge in [-0.15, -0.1) is 0 Å². The van der Waals surface area contributed by atoms with Crippen molar-refractivity contribution >= 4 is 10.8 Å². The summed E-state index contributed by atoms with van der Waals surface area (Å²) in [5.74, 6) is 1.87. The number of H-pyrrole nitrogens is 1. The van der Waals surface area contributed by atoms with Crippen LogP contribution in [0.2, 0.25) is 0 Å². The lowest BCUT2D eigenvalue weighted by Crippen LogP contribution is -2.09. The number of hydrogen-bond acceptors (Lipinski definition) is 1. The molecule has 1 aliphatic carbocycles. The number of hydrogen-bond donors (Lipinski definition) is 1. The fraction of sp³-hybridized carbons (Fsp3) is 0.409. The molecule has 2 aromatic carbocycles. The minimum absolute atomic E-state index is 0.874. The Morgan fingerprint density at radius 1 is 1.08 bits per heavy atom. The van der Waals surface area contributed by atoms with E-state index in [9.17, 15) is 0 Å². The predicted octanol–water partition coefficient (Wildman–Crippen LogP) is 5.92. The molecule has 0 saturated heterocycles. The molecule has 1 aliphatic rings. The molecule has 1 heterocycles. The molecule has 2 nitrogen and oxygen atoms in total. The van der Waals surface area contributed by atoms with Crippen LogP contribution in [0.1, 0.15) is 50.3 Å². The Morgan fingerprint density at radius 3 is 2.75 bits per heavy atom. The molecule has 1 aromatic heterocycles. The van der Waals surface area contributed by atoms with Crippen LogP contribution in [0.15, 0.2) is 42.6 Å². The van der Waals surface area contributed by atoms with Gasteiger partial charge in [-0.1, -0.05) is 75.4 Å². The van der Waals surface area contributed by atoms with E-state index in [1.54, 1.807) is 0 Å². The van der Waals surface area contributed by atoms with Gasteiger partial charge in [-0.3, -0.25) is 0 Å². The standard InChI is InChI=1S/C22H26N2/c1-2-19-15-23-22(24-19)20-10-6-9-18-12-11-17(14-21(18)20)13-16-7-4-3-5-8-16/h6,9-12,14-16H,2-5,7-8,13H2,1H3,(H,23,24). The van der Waals surface area contributed by atoms with Gasteiger partial charge in [0, 0.05) is 17.5 Å². The quantitative estimate of drug-likeness (QED) is 0.636. The third-order valence-electron chi connectivity index (χ3n) is 5.46. The van der Waals surface area contributed by atoms with Crippen molar-refractivity contribution in [1.82, 2.24) is 9.97 Å². The van der Waals surface area contributed by atoms with Crippen molar-refractivity contribution in [2.75, 3.05) is 0 Å². The molecule has 0 amide bonds. The Bertz CT molecular complexity index is 825. The summed E-state index contributed by atoms with van der Waals surface area (Å²) in [6, 6.07) is 13.5. The summed E-state index contributed by atoms with van der Waals surface area (Å²) in [5.41, 5.74) is 3.89. The largest absolute Gasteiger partial charge is 0.342 e. The van der Waals surface area contributed by atoms with E-state index in [-0.39, 0.29) is 0 Å². The number of nitrogens with zero attached hydrogens (tertiary/aromatic N) is 1. The van der Waals surface area contributed by atoms with E-state index in [2.05, 4.69) is 53.3 Å². The maximum Gasteiger partial charge on any atom is 0.138 e. The zero-order valence-electron chi connectivity index (χ0n) is 14.5. The smallest absolute Gasteiger partial charge is 0.138 e. The zero-order chi connectivity index (χ0) is 16.4.